The smallest absolute Gasteiger partial charge is 0.336 e. The summed E-state index contributed by atoms with van der Waals surface area (Å²) in [6.07, 6.45) is 0.521. The minimum absolute atomic E-state index is 0.154. The number of aromatic carboxylic acids is 1. The highest BCUT2D eigenvalue weighted by molar-refractivity contribution is 6.30. The van der Waals surface area contributed by atoms with E-state index in [9.17, 15) is 4.79 Å². The molecule has 2 nitrogen and oxygen atoms in total. The molecule has 0 aliphatic rings. The van der Waals surface area contributed by atoms with Gasteiger partial charge in [-0.25, -0.2) is 4.79 Å². The van der Waals surface area contributed by atoms with Crippen molar-refractivity contribution in [1.82, 2.24) is 0 Å². The highest BCUT2D eigenvalue weighted by atomic mass is 35.5. The van der Waals surface area contributed by atoms with Gasteiger partial charge in [-0.05, 0) is 18.2 Å². The zero-order chi connectivity index (χ0) is 11.3. The highest BCUT2D eigenvalue weighted by Gasteiger charge is 2.07. The molecule has 0 saturated carbocycles. The molecule has 0 spiro atoms. The topological polar surface area (TPSA) is 37.3 Å². The van der Waals surface area contributed by atoms with Crippen molar-refractivity contribution in [2.45, 2.75) is 6.42 Å². The summed E-state index contributed by atoms with van der Waals surface area (Å²) in [5.41, 5.74) is 0.571. The first-order valence-electron chi connectivity index (χ1n) is 4.23. The summed E-state index contributed by atoms with van der Waals surface area (Å²) in [6, 6.07) is 4.50. The summed E-state index contributed by atoms with van der Waals surface area (Å²) < 4.78 is 0. The Morgan fingerprint density at radius 1 is 1.47 bits per heavy atom. The van der Waals surface area contributed by atoms with E-state index in [0.717, 1.165) is 0 Å². The molecule has 0 unspecified atom stereocenters. The van der Waals surface area contributed by atoms with Gasteiger partial charge in [0.25, 0.3) is 0 Å². The Morgan fingerprint density at radius 2 is 2.20 bits per heavy atom. The molecular weight excluding hydrogens is 235 g/mol. The Labute approximate surface area is 97.8 Å². The SMILES string of the molecule is O=C(O)c1ccc(Cl)cc1C#CCCCl. The van der Waals surface area contributed by atoms with Gasteiger partial charge in [-0.1, -0.05) is 23.4 Å². The van der Waals surface area contributed by atoms with Crippen LogP contribution in [0.5, 0.6) is 0 Å². The van der Waals surface area contributed by atoms with Gasteiger partial charge in [-0.2, -0.15) is 0 Å². The lowest BCUT2D eigenvalue weighted by Gasteiger charge is -1.99. The third-order valence-electron chi connectivity index (χ3n) is 1.65. The summed E-state index contributed by atoms with van der Waals surface area (Å²) in [7, 11) is 0. The van der Waals surface area contributed by atoms with Gasteiger partial charge in [0.15, 0.2) is 0 Å². The molecule has 0 aromatic heterocycles. The lowest BCUT2D eigenvalue weighted by atomic mass is 10.1. The number of carboxylic acid groups (broad SMARTS) is 1. The average molecular weight is 243 g/mol. The molecule has 0 saturated heterocycles. The summed E-state index contributed by atoms with van der Waals surface area (Å²) in [5, 5.41) is 9.34. The van der Waals surface area contributed by atoms with E-state index in [1.807, 2.05) is 0 Å². The van der Waals surface area contributed by atoms with Gasteiger partial charge < -0.3 is 5.11 Å². The molecule has 0 aliphatic heterocycles. The lowest BCUT2D eigenvalue weighted by Crippen LogP contribution is -1.99. The highest BCUT2D eigenvalue weighted by Crippen LogP contribution is 2.15. The van der Waals surface area contributed by atoms with Gasteiger partial charge in [0.1, 0.15) is 0 Å². The number of carbonyl (C=O) groups is 1. The fourth-order valence-corrected chi connectivity index (χ4v) is 1.28. The minimum atomic E-state index is -1.01. The molecule has 1 N–H and O–H groups in total. The number of rotatable bonds is 2. The zero-order valence-corrected chi connectivity index (χ0v) is 9.27. The predicted molar refractivity (Wildman–Crippen MR) is 60.6 cm³/mol. The second-order valence-electron chi connectivity index (χ2n) is 2.74. The number of carboxylic acids is 1. The lowest BCUT2D eigenvalue weighted by molar-refractivity contribution is 0.0696. The zero-order valence-electron chi connectivity index (χ0n) is 7.76. The monoisotopic (exact) mass is 242 g/mol. The molecule has 1 rings (SSSR count). The van der Waals surface area contributed by atoms with Gasteiger partial charge in [0, 0.05) is 22.9 Å². The first-order chi connectivity index (χ1) is 7.15. The van der Waals surface area contributed by atoms with E-state index in [0.29, 0.717) is 22.9 Å². The maximum absolute atomic E-state index is 10.8. The van der Waals surface area contributed by atoms with E-state index in [1.54, 1.807) is 0 Å². The molecule has 78 valence electrons. The van der Waals surface area contributed by atoms with Gasteiger partial charge in [0.05, 0.1) is 5.56 Å². The first-order valence-corrected chi connectivity index (χ1v) is 5.14. The van der Waals surface area contributed by atoms with Crippen LogP contribution in [0.4, 0.5) is 0 Å². The molecule has 0 bridgehead atoms. The van der Waals surface area contributed by atoms with Crippen molar-refractivity contribution < 1.29 is 9.90 Å². The van der Waals surface area contributed by atoms with Crippen LogP contribution in [0.1, 0.15) is 22.3 Å². The van der Waals surface area contributed by atoms with Crippen LogP contribution in [-0.2, 0) is 0 Å². The minimum Gasteiger partial charge on any atom is -0.478 e. The fourth-order valence-electron chi connectivity index (χ4n) is 1.01. The Morgan fingerprint density at radius 3 is 2.80 bits per heavy atom. The number of hydrogen-bond donors (Lipinski definition) is 1. The molecule has 0 radical (unpaired) electrons. The largest absolute Gasteiger partial charge is 0.478 e. The van der Waals surface area contributed by atoms with E-state index in [1.165, 1.54) is 18.2 Å². The molecular formula is C11H8Cl2O2. The predicted octanol–water partition coefficient (Wildman–Crippen LogP) is 3.02. The van der Waals surface area contributed by atoms with Crippen molar-refractivity contribution in [3.63, 3.8) is 0 Å². The number of benzene rings is 1. The first kappa shape index (κ1) is 11.9. The Bertz CT molecular complexity index is 430. The Balaban J connectivity index is 3.09. The number of halogens is 2. The van der Waals surface area contributed by atoms with Crippen molar-refractivity contribution in [2.75, 3.05) is 5.88 Å². The standard InChI is InChI=1S/C11H8Cl2O2/c12-6-2-1-3-8-7-9(13)4-5-10(8)11(14)15/h4-5,7H,2,6H2,(H,14,15). The van der Waals surface area contributed by atoms with Gasteiger partial charge in [-0.3, -0.25) is 0 Å². The second kappa shape index (κ2) is 5.65. The third kappa shape index (κ3) is 3.47. The van der Waals surface area contributed by atoms with E-state index < -0.39 is 5.97 Å². The van der Waals surface area contributed by atoms with Crippen LogP contribution >= 0.6 is 23.2 Å². The van der Waals surface area contributed by atoms with Crippen molar-refractivity contribution in [3.05, 3.63) is 34.3 Å². The molecule has 1 aromatic carbocycles. The molecule has 0 amide bonds. The van der Waals surface area contributed by atoms with Crippen molar-refractivity contribution in [3.8, 4) is 11.8 Å². The maximum atomic E-state index is 10.8. The summed E-state index contributed by atoms with van der Waals surface area (Å²) in [4.78, 5) is 10.8. The normalized spacial score (nSPS) is 9.20. The van der Waals surface area contributed by atoms with E-state index in [-0.39, 0.29) is 5.56 Å². The maximum Gasteiger partial charge on any atom is 0.336 e. The summed E-state index contributed by atoms with van der Waals surface area (Å²) in [5.74, 6) is 4.92. The van der Waals surface area contributed by atoms with E-state index in [4.69, 9.17) is 28.3 Å². The molecule has 0 aliphatic carbocycles. The van der Waals surface area contributed by atoms with Crippen LogP contribution in [0.25, 0.3) is 0 Å². The second-order valence-corrected chi connectivity index (χ2v) is 3.55. The van der Waals surface area contributed by atoms with Crippen LogP contribution in [-0.4, -0.2) is 17.0 Å². The van der Waals surface area contributed by atoms with Crippen LogP contribution in [0.3, 0.4) is 0 Å². The number of alkyl halides is 1. The Kier molecular flexibility index (Phi) is 4.48. The van der Waals surface area contributed by atoms with Crippen LogP contribution in [0, 0.1) is 11.8 Å². The molecule has 0 heterocycles. The van der Waals surface area contributed by atoms with Crippen LogP contribution in [0.2, 0.25) is 5.02 Å². The van der Waals surface area contributed by atoms with Gasteiger partial charge in [-0.15, -0.1) is 11.6 Å². The molecule has 1 aromatic rings. The fraction of sp³-hybridized carbons (Fsp3) is 0.182. The molecule has 4 heteroatoms. The van der Waals surface area contributed by atoms with Crippen LogP contribution in [0.15, 0.2) is 18.2 Å². The molecule has 0 atom stereocenters. The summed E-state index contributed by atoms with van der Waals surface area (Å²) in [6.45, 7) is 0. The van der Waals surface area contributed by atoms with E-state index in [2.05, 4.69) is 11.8 Å². The van der Waals surface area contributed by atoms with Crippen molar-refractivity contribution in [2.24, 2.45) is 0 Å². The van der Waals surface area contributed by atoms with Crippen LogP contribution < -0.4 is 0 Å². The third-order valence-corrected chi connectivity index (χ3v) is 2.08. The Hall–Kier alpha value is -1.17. The van der Waals surface area contributed by atoms with Gasteiger partial charge >= 0.3 is 5.97 Å². The van der Waals surface area contributed by atoms with Crippen molar-refractivity contribution >= 4 is 29.2 Å². The van der Waals surface area contributed by atoms with Gasteiger partial charge in [0.2, 0.25) is 0 Å². The molecule has 15 heavy (non-hydrogen) atoms. The van der Waals surface area contributed by atoms with E-state index >= 15 is 0 Å². The number of hydrogen-bond acceptors (Lipinski definition) is 1. The molecule has 0 fully saturated rings. The van der Waals surface area contributed by atoms with Crippen molar-refractivity contribution in [1.29, 1.82) is 0 Å². The quantitative estimate of drug-likeness (QED) is 0.640. The average Bonchev–Trinajstić information content (AvgIpc) is 2.18. The summed E-state index contributed by atoms with van der Waals surface area (Å²) >= 11 is 11.2.